The van der Waals surface area contributed by atoms with Crippen molar-refractivity contribution in [3.63, 3.8) is 0 Å². The van der Waals surface area contributed by atoms with Crippen LogP contribution in [0.4, 0.5) is 0 Å². The standard InChI is InChI=1S/C6H18BN3O3/c1-8-4-11-7(12-5-9-2)13-6-10-3/h8-10H,4-6H2,1-3H3. The fourth-order valence-corrected chi connectivity index (χ4v) is 0.598. The minimum absolute atomic E-state index is 0.387. The molecule has 0 radical (unpaired) electrons. The molecule has 0 atom stereocenters. The summed E-state index contributed by atoms with van der Waals surface area (Å²) >= 11 is 0. The van der Waals surface area contributed by atoms with E-state index in [1.54, 1.807) is 21.1 Å². The molecular formula is C6H18BN3O3. The van der Waals surface area contributed by atoms with Gasteiger partial charge in [-0.3, -0.25) is 16.0 Å². The van der Waals surface area contributed by atoms with Crippen molar-refractivity contribution < 1.29 is 14.0 Å². The zero-order valence-electron chi connectivity index (χ0n) is 8.42. The predicted octanol–water partition coefficient (Wildman–Crippen LogP) is -1.45. The Morgan fingerprint density at radius 2 is 1.08 bits per heavy atom. The van der Waals surface area contributed by atoms with E-state index >= 15 is 0 Å². The van der Waals surface area contributed by atoms with Gasteiger partial charge in [-0.15, -0.1) is 0 Å². The largest absolute Gasteiger partial charge is 0.642 e. The minimum atomic E-state index is -0.646. The third-order valence-corrected chi connectivity index (χ3v) is 1.09. The molecule has 13 heavy (non-hydrogen) atoms. The lowest BCUT2D eigenvalue weighted by Gasteiger charge is -2.13. The molecule has 0 bridgehead atoms. The molecule has 0 saturated heterocycles. The van der Waals surface area contributed by atoms with E-state index in [1.807, 2.05) is 0 Å². The first kappa shape index (κ1) is 12.8. The molecule has 0 aliphatic rings. The highest BCUT2D eigenvalue weighted by Gasteiger charge is 2.19. The van der Waals surface area contributed by atoms with Crippen molar-refractivity contribution in [2.45, 2.75) is 0 Å². The first-order valence-corrected chi connectivity index (χ1v) is 4.13. The Bertz CT molecular complexity index is 90.1. The van der Waals surface area contributed by atoms with Crippen molar-refractivity contribution in [2.24, 2.45) is 0 Å². The van der Waals surface area contributed by atoms with Crippen LogP contribution in [0.15, 0.2) is 0 Å². The van der Waals surface area contributed by atoms with E-state index in [4.69, 9.17) is 14.0 Å². The summed E-state index contributed by atoms with van der Waals surface area (Å²) in [6.45, 7) is 1.16. The lowest BCUT2D eigenvalue weighted by molar-refractivity contribution is 0.0799. The zero-order chi connectivity index (χ0) is 9.94. The van der Waals surface area contributed by atoms with E-state index in [-0.39, 0.29) is 0 Å². The Morgan fingerprint density at radius 1 is 0.769 bits per heavy atom. The maximum Gasteiger partial charge on any atom is 0.642 e. The van der Waals surface area contributed by atoms with Crippen LogP contribution in [0.25, 0.3) is 0 Å². The summed E-state index contributed by atoms with van der Waals surface area (Å²) in [5.74, 6) is 0. The molecule has 3 N–H and O–H groups in total. The molecule has 0 heterocycles. The fourth-order valence-electron chi connectivity index (χ4n) is 0.598. The van der Waals surface area contributed by atoms with Gasteiger partial charge in [-0.1, -0.05) is 0 Å². The molecule has 0 unspecified atom stereocenters. The van der Waals surface area contributed by atoms with Crippen molar-refractivity contribution in [1.82, 2.24) is 16.0 Å². The number of hydrogen-bond donors (Lipinski definition) is 3. The first-order chi connectivity index (χ1) is 6.35. The van der Waals surface area contributed by atoms with Crippen molar-refractivity contribution in [3.05, 3.63) is 0 Å². The van der Waals surface area contributed by atoms with Crippen molar-refractivity contribution in [2.75, 3.05) is 41.3 Å². The van der Waals surface area contributed by atoms with Crippen LogP contribution in [0, 0.1) is 0 Å². The lowest BCUT2D eigenvalue weighted by atomic mass is 10.2. The molecule has 0 spiro atoms. The summed E-state index contributed by atoms with van der Waals surface area (Å²) in [5.41, 5.74) is 0. The lowest BCUT2D eigenvalue weighted by Crippen LogP contribution is -2.35. The molecule has 0 amide bonds. The van der Waals surface area contributed by atoms with E-state index < -0.39 is 7.32 Å². The molecule has 0 fully saturated rings. The summed E-state index contributed by atoms with van der Waals surface area (Å²) in [6.07, 6.45) is 0. The first-order valence-electron chi connectivity index (χ1n) is 4.13. The van der Waals surface area contributed by atoms with E-state index in [1.165, 1.54) is 0 Å². The molecule has 0 aliphatic carbocycles. The van der Waals surface area contributed by atoms with E-state index in [9.17, 15) is 0 Å². The van der Waals surface area contributed by atoms with Crippen molar-refractivity contribution >= 4 is 7.32 Å². The van der Waals surface area contributed by atoms with Gasteiger partial charge in [0.1, 0.15) is 0 Å². The van der Waals surface area contributed by atoms with Crippen LogP contribution in [0.3, 0.4) is 0 Å². The minimum Gasteiger partial charge on any atom is -0.373 e. The Kier molecular flexibility index (Phi) is 9.78. The number of nitrogens with one attached hydrogen (secondary N) is 3. The van der Waals surface area contributed by atoms with Gasteiger partial charge in [0.15, 0.2) is 0 Å². The van der Waals surface area contributed by atoms with Gasteiger partial charge in [-0.2, -0.15) is 0 Å². The number of hydrogen-bond acceptors (Lipinski definition) is 6. The highest BCUT2D eigenvalue weighted by atomic mass is 16.7. The summed E-state index contributed by atoms with van der Waals surface area (Å²) in [6, 6.07) is 0. The van der Waals surface area contributed by atoms with Gasteiger partial charge in [-0.05, 0) is 21.1 Å². The molecule has 0 aromatic heterocycles. The highest BCUT2D eigenvalue weighted by Crippen LogP contribution is 1.89. The molecule has 7 heteroatoms. The Balaban J connectivity index is 3.47. The Morgan fingerprint density at radius 3 is 1.31 bits per heavy atom. The van der Waals surface area contributed by atoms with Gasteiger partial charge < -0.3 is 14.0 Å². The summed E-state index contributed by atoms with van der Waals surface area (Å²) in [7, 11) is 4.71. The normalized spacial score (nSPS) is 10.4. The Hall–Kier alpha value is -0.175. The Labute approximate surface area is 79.5 Å². The van der Waals surface area contributed by atoms with Crippen LogP contribution in [-0.2, 0) is 14.0 Å². The van der Waals surface area contributed by atoms with E-state index in [0.29, 0.717) is 20.2 Å². The average Bonchev–Trinajstić information content (AvgIpc) is 2.17. The van der Waals surface area contributed by atoms with Gasteiger partial charge in [0.2, 0.25) is 0 Å². The third kappa shape index (κ3) is 8.16. The van der Waals surface area contributed by atoms with Crippen LogP contribution in [0.2, 0.25) is 0 Å². The molecule has 0 rings (SSSR count). The smallest absolute Gasteiger partial charge is 0.373 e. The van der Waals surface area contributed by atoms with Gasteiger partial charge in [0.05, 0.1) is 20.2 Å². The second-order valence-corrected chi connectivity index (χ2v) is 2.28. The summed E-state index contributed by atoms with van der Waals surface area (Å²) < 4.78 is 15.5. The van der Waals surface area contributed by atoms with Crippen LogP contribution < -0.4 is 16.0 Å². The molecule has 0 aromatic carbocycles. The van der Waals surface area contributed by atoms with Gasteiger partial charge in [-0.25, -0.2) is 0 Å². The maximum atomic E-state index is 5.16. The summed E-state index contributed by atoms with van der Waals surface area (Å²) in [4.78, 5) is 0. The van der Waals surface area contributed by atoms with Gasteiger partial charge in [0, 0.05) is 0 Å². The molecule has 78 valence electrons. The van der Waals surface area contributed by atoms with E-state index in [2.05, 4.69) is 16.0 Å². The predicted molar refractivity (Wildman–Crippen MR) is 50.8 cm³/mol. The highest BCUT2D eigenvalue weighted by molar-refractivity contribution is 6.36. The second kappa shape index (κ2) is 9.91. The average molecular weight is 191 g/mol. The van der Waals surface area contributed by atoms with Crippen LogP contribution in [0.5, 0.6) is 0 Å². The number of rotatable bonds is 9. The summed E-state index contributed by atoms with van der Waals surface area (Å²) in [5, 5.41) is 8.48. The molecule has 6 nitrogen and oxygen atoms in total. The van der Waals surface area contributed by atoms with Crippen molar-refractivity contribution in [3.8, 4) is 0 Å². The molecule has 0 aromatic rings. The zero-order valence-corrected chi connectivity index (χ0v) is 8.42. The van der Waals surface area contributed by atoms with Crippen molar-refractivity contribution in [1.29, 1.82) is 0 Å². The monoisotopic (exact) mass is 191 g/mol. The molecule has 0 saturated carbocycles. The van der Waals surface area contributed by atoms with Gasteiger partial charge >= 0.3 is 7.32 Å². The quantitative estimate of drug-likeness (QED) is 0.306. The van der Waals surface area contributed by atoms with Crippen LogP contribution in [-0.4, -0.2) is 48.7 Å². The maximum absolute atomic E-state index is 5.16. The van der Waals surface area contributed by atoms with Crippen LogP contribution in [0.1, 0.15) is 0 Å². The van der Waals surface area contributed by atoms with Gasteiger partial charge in [0.25, 0.3) is 0 Å². The SMILES string of the molecule is CNCOB(OCNC)OCNC. The fraction of sp³-hybridized carbons (Fsp3) is 1.00. The topological polar surface area (TPSA) is 63.8 Å². The molecule has 0 aliphatic heterocycles. The van der Waals surface area contributed by atoms with Crippen LogP contribution >= 0.6 is 0 Å². The second-order valence-electron chi connectivity index (χ2n) is 2.28. The molecular weight excluding hydrogens is 173 g/mol. The third-order valence-electron chi connectivity index (χ3n) is 1.09. The van der Waals surface area contributed by atoms with E-state index in [0.717, 1.165) is 0 Å².